The van der Waals surface area contributed by atoms with E-state index in [1.807, 2.05) is 0 Å². The van der Waals surface area contributed by atoms with Crippen LogP contribution in [0, 0.1) is 0 Å². The van der Waals surface area contributed by atoms with Crippen molar-refractivity contribution < 1.29 is 57.3 Å². The first-order valence-corrected chi connectivity index (χ1v) is 26.6. The van der Waals surface area contributed by atoms with Crippen LogP contribution in [0.15, 0.2) is 182 Å². The number of nitrogens with zero attached hydrogens (tertiary/aromatic N) is 4. The molecule has 0 aliphatic carbocycles. The van der Waals surface area contributed by atoms with E-state index >= 15 is 9.59 Å². The average Bonchev–Trinajstić information content (AvgIpc) is 3.50. The zero-order valence-corrected chi connectivity index (χ0v) is 45.9. The first-order chi connectivity index (χ1) is 38.5. The predicted molar refractivity (Wildman–Crippen MR) is 298 cm³/mol. The van der Waals surface area contributed by atoms with Gasteiger partial charge in [-0.15, -0.1) is 0 Å². The second-order valence-electron chi connectivity index (χ2n) is 20.0. The van der Waals surface area contributed by atoms with Gasteiger partial charge in [0.2, 0.25) is 0 Å². The average molecular weight is 1090 g/mol. The number of cyclic esters (lactones) is 4. The predicted octanol–water partition coefficient (Wildman–Crippen LogP) is 6.45. The van der Waals surface area contributed by atoms with Gasteiger partial charge in [-0.2, -0.15) is 0 Å². The molecule has 1 aliphatic heterocycles. The van der Waals surface area contributed by atoms with E-state index in [2.05, 4.69) is 0 Å². The number of esters is 4. The van der Waals surface area contributed by atoms with Gasteiger partial charge in [-0.3, -0.25) is 19.2 Å². The molecule has 1 fully saturated rings. The van der Waals surface area contributed by atoms with Crippen molar-refractivity contribution in [3.8, 4) is 0 Å². The fraction of sp³-hybridized carbons (Fsp3) is 0.312. The molecule has 8 atom stereocenters. The van der Waals surface area contributed by atoms with Crippen LogP contribution in [0.4, 0.5) is 0 Å². The van der Waals surface area contributed by atoms with Crippen LogP contribution >= 0.6 is 0 Å². The van der Waals surface area contributed by atoms with Crippen LogP contribution in [0.3, 0.4) is 0 Å². The SMILES string of the molecule is C[C@@H]1OC(=O)[C@H](Cc2ccccc2)N(C)C(=O)[C@@H](Cc2ccccc2)OC(=O)[C@H](Cc2ccccc2)N(C)C(=O)[C@@H](C)OC(=O)[C@H](Cc2ccccc2)N(C)C(=O)[C@@H](Cc2ccccc2)OC(=O)[C@H](Cc2ccccc2)N(C)C1=O. The molecule has 16 heteroatoms. The molecule has 1 aliphatic rings. The number of hydrogen-bond donors (Lipinski definition) is 0. The van der Waals surface area contributed by atoms with Gasteiger partial charge in [0.1, 0.15) is 24.2 Å². The third-order valence-corrected chi connectivity index (χ3v) is 14.3. The van der Waals surface area contributed by atoms with E-state index in [0.717, 1.165) is 19.6 Å². The first kappa shape index (κ1) is 58.8. The maximum atomic E-state index is 15.1. The summed E-state index contributed by atoms with van der Waals surface area (Å²) in [5.41, 5.74) is 3.76. The van der Waals surface area contributed by atoms with Gasteiger partial charge < -0.3 is 38.5 Å². The fourth-order valence-corrected chi connectivity index (χ4v) is 9.56. The van der Waals surface area contributed by atoms with Crippen molar-refractivity contribution in [3.63, 3.8) is 0 Å². The monoisotopic (exact) mass is 1080 g/mol. The highest BCUT2D eigenvalue weighted by atomic mass is 16.6. The summed E-state index contributed by atoms with van der Waals surface area (Å²) in [7, 11) is 5.48. The van der Waals surface area contributed by atoms with Crippen molar-refractivity contribution in [2.24, 2.45) is 0 Å². The third kappa shape index (κ3) is 15.6. The molecule has 416 valence electrons. The molecule has 6 aromatic rings. The number of hydrogen-bond acceptors (Lipinski definition) is 12. The summed E-state index contributed by atoms with van der Waals surface area (Å²) in [4.78, 5) is 123. The molecule has 0 spiro atoms. The second-order valence-corrected chi connectivity index (χ2v) is 20.0. The topological polar surface area (TPSA) is 186 Å². The Labute approximate surface area is 467 Å². The van der Waals surface area contributed by atoms with Crippen molar-refractivity contribution in [2.75, 3.05) is 28.2 Å². The van der Waals surface area contributed by atoms with E-state index in [4.69, 9.17) is 18.9 Å². The van der Waals surface area contributed by atoms with Crippen molar-refractivity contribution in [3.05, 3.63) is 215 Å². The molecule has 0 unspecified atom stereocenters. The molecule has 0 radical (unpaired) electrons. The van der Waals surface area contributed by atoms with Crippen LogP contribution in [0.1, 0.15) is 47.2 Å². The van der Waals surface area contributed by atoms with Crippen molar-refractivity contribution in [2.45, 2.75) is 101 Å². The van der Waals surface area contributed by atoms with Crippen LogP contribution in [0.2, 0.25) is 0 Å². The Kier molecular flexibility index (Phi) is 20.6. The molecular formula is C64H68N4O12. The first-order valence-electron chi connectivity index (χ1n) is 26.6. The summed E-state index contributed by atoms with van der Waals surface area (Å²) in [5, 5.41) is 0. The van der Waals surface area contributed by atoms with Crippen LogP contribution in [0.5, 0.6) is 0 Å². The minimum atomic E-state index is -1.57. The zero-order chi connectivity index (χ0) is 57.3. The number of carbonyl (C=O) groups excluding carboxylic acids is 8. The normalized spacial score (nSPS) is 22.7. The summed E-state index contributed by atoms with van der Waals surface area (Å²) in [6.45, 7) is 2.70. The van der Waals surface area contributed by atoms with E-state index in [1.165, 1.54) is 42.0 Å². The summed E-state index contributed by atoms with van der Waals surface area (Å²) in [6.07, 6.45) is -6.88. The van der Waals surface area contributed by atoms with E-state index < -0.39 is 96.1 Å². The lowest BCUT2D eigenvalue weighted by molar-refractivity contribution is -0.175. The largest absolute Gasteiger partial charge is 0.451 e. The Bertz CT molecular complexity index is 2760. The molecule has 7 rings (SSSR count). The summed E-state index contributed by atoms with van der Waals surface area (Å²) >= 11 is 0. The van der Waals surface area contributed by atoms with E-state index in [-0.39, 0.29) is 38.5 Å². The lowest BCUT2D eigenvalue weighted by Gasteiger charge is -2.35. The minimum absolute atomic E-state index is 0.0877. The van der Waals surface area contributed by atoms with Gasteiger partial charge in [-0.05, 0) is 47.2 Å². The number of rotatable bonds is 12. The summed E-state index contributed by atoms with van der Waals surface area (Å²) < 4.78 is 24.4. The number of ether oxygens (including phenoxy) is 4. The molecule has 1 saturated heterocycles. The van der Waals surface area contributed by atoms with Crippen LogP contribution < -0.4 is 0 Å². The van der Waals surface area contributed by atoms with Gasteiger partial charge in [0.15, 0.2) is 24.4 Å². The Morgan fingerprint density at radius 3 is 0.688 bits per heavy atom. The van der Waals surface area contributed by atoms with Gasteiger partial charge in [0.25, 0.3) is 23.6 Å². The molecule has 1 heterocycles. The molecule has 0 bridgehead atoms. The van der Waals surface area contributed by atoms with Crippen LogP contribution in [-0.4, -0.2) is 144 Å². The fourth-order valence-electron chi connectivity index (χ4n) is 9.56. The van der Waals surface area contributed by atoms with Gasteiger partial charge >= 0.3 is 23.9 Å². The molecule has 80 heavy (non-hydrogen) atoms. The number of likely N-dealkylation sites (N-methyl/N-ethyl adjacent to an activating group) is 4. The molecule has 0 saturated carbocycles. The second kappa shape index (κ2) is 28.1. The molecule has 16 nitrogen and oxygen atoms in total. The quantitative estimate of drug-likeness (QED) is 0.0965. The van der Waals surface area contributed by atoms with Crippen molar-refractivity contribution in [1.82, 2.24) is 19.6 Å². The standard InChI is InChI=1S/C64H68N4O12/c1-43-57(69)65(3)53(39-47-29-17-9-18-30-47)63(75)79-56(42-50-35-23-12-24-36-50)60(72)68(6)52(38-46-27-15-8-16-28-46)62(74)78-44(2)58(70)66(4)54(40-48-31-19-10-20-32-48)64(76)80-55(41-49-33-21-11-22-34-49)59(71)67(5)51(61(73)77-43)37-45-25-13-7-14-26-45/h7-36,43-44,51-56H,37-42H2,1-6H3/t43-,44+,51-,52-,53-,54-,55+,56+/m0/s1. The highest BCUT2D eigenvalue weighted by molar-refractivity contribution is 5.94. The van der Waals surface area contributed by atoms with Crippen LogP contribution in [0.25, 0.3) is 0 Å². The Morgan fingerprint density at radius 1 is 0.275 bits per heavy atom. The lowest BCUT2D eigenvalue weighted by Crippen LogP contribution is -2.55. The molecule has 4 amide bonds. The van der Waals surface area contributed by atoms with Gasteiger partial charge in [0, 0.05) is 66.7 Å². The maximum absolute atomic E-state index is 15.1. The van der Waals surface area contributed by atoms with E-state index in [0.29, 0.717) is 33.4 Å². The Morgan fingerprint density at radius 2 is 0.463 bits per heavy atom. The van der Waals surface area contributed by atoms with Gasteiger partial charge in [0.05, 0.1) is 0 Å². The molecular weight excluding hydrogens is 1020 g/mol. The zero-order valence-electron chi connectivity index (χ0n) is 45.9. The lowest BCUT2D eigenvalue weighted by atomic mass is 10.0. The highest BCUT2D eigenvalue weighted by Crippen LogP contribution is 2.23. The van der Waals surface area contributed by atoms with Gasteiger partial charge in [-0.1, -0.05) is 182 Å². The molecule has 0 N–H and O–H groups in total. The molecule has 0 aromatic heterocycles. The highest BCUT2D eigenvalue weighted by Gasteiger charge is 2.43. The number of amides is 4. The van der Waals surface area contributed by atoms with Crippen molar-refractivity contribution in [1.29, 1.82) is 0 Å². The van der Waals surface area contributed by atoms with E-state index in [1.54, 1.807) is 182 Å². The number of benzene rings is 6. The number of carbonyl (C=O) groups is 8. The maximum Gasteiger partial charge on any atom is 0.329 e. The smallest absolute Gasteiger partial charge is 0.329 e. The van der Waals surface area contributed by atoms with E-state index in [9.17, 15) is 28.8 Å². The Balaban J connectivity index is 1.34. The van der Waals surface area contributed by atoms with Gasteiger partial charge in [-0.25, -0.2) is 19.2 Å². The molecule has 6 aromatic carbocycles. The Hall–Kier alpha value is -8.92. The summed E-state index contributed by atoms with van der Waals surface area (Å²) in [5.74, 6) is -7.09. The van der Waals surface area contributed by atoms with Crippen LogP contribution in [-0.2, 0) is 95.8 Å². The minimum Gasteiger partial charge on any atom is -0.451 e. The van der Waals surface area contributed by atoms with Crippen molar-refractivity contribution >= 4 is 47.5 Å². The summed E-state index contributed by atoms with van der Waals surface area (Å²) in [6, 6.07) is 47.4. The third-order valence-electron chi connectivity index (χ3n) is 14.3.